The van der Waals surface area contributed by atoms with Gasteiger partial charge in [-0.3, -0.25) is 9.59 Å². The van der Waals surface area contributed by atoms with Gasteiger partial charge < -0.3 is 15.0 Å². The van der Waals surface area contributed by atoms with E-state index >= 15 is 0 Å². The summed E-state index contributed by atoms with van der Waals surface area (Å²) in [5.74, 6) is 0.243. The van der Waals surface area contributed by atoms with E-state index in [1.165, 1.54) is 0 Å². The molecule has 3 aromatic rings. The predicted octanol–water partition coefficient (Wildman–Crippen LogP) is 5.58. The van der Waals surface area contributed by atoms with E-state index < -0.39 is 0 Å². The molecule has 164 valence electrons. The summed E-state index contributed by atoms with van der Waals surface area (Å²) in [4.78, 5) is 28.3. The highest BCUT2D eigenvalue weighted by molar-refractivity contribution is 6.30. The molecule has 0 aliphatic carbocycles. The maximum absolute atomic E-state index is 13.4. The molecule has 32 heavy (non-hydrogen) atoms. The number of benzene rings is 3. The van der Waals surface area contributed by atoms with Gasteiger partial charge in [0.15, 0.2) is 0 Å². The molecule has 1 aliphatic heterocycles. The lowest BCUT2D eigenvalue weighted by atomic mass is 9.87. The Labute approximate surface area is 193 Å². The molecule has 0 spiro atoms. The number of methoxy groups -OCH3 is 1. The molecule has 1 fully saturated rings. The summed E-state index contributed by atoms with van der Waals surface area (Å²) < 4.78 is 5.17. The quantitative estimate of drug-likeness (QED) is 0.554. The highest BCUT2D eigenvalue weighted by Gasteiger charge is 2.36. The van der Waals surface area contributed by atoms with Gasteiger partial charge in [0.1, 0.15) is 5.75 Å². The number of rotatable bonds is 5. The van der Waals surface area contributed by atoms with Crippen molar-refractivity contribution in [2.75, 3.05) is 19.0 Å². The highest BCUT2D eigenvalue weighted by atomic mass is 35.5. The molecule has 0 aromatic heterocycles. The van der Waals surface area contributed by atoms with E-state index in [0.29, 0.717) is 35.7 Å². The number of nitrogens with one attached hydrogen (secondary N) is 1. The summed E-state index contributed by atoms with van der Waals surface area (Å²) in [6.45, 7) is 0.350. The van der Waals surface area contributed by atoms with Gasteiger partial charge in [0.05, 0.1) is 19.1 Å². The summed E-state index contributed by atoms with van der Waals surface area (Å²) in [6, 6.07) is 24.0. The molecule has 2 unspecified atom stereocenters. The van der Waals surface area contributed by atoms with Gasteiger partial charge in [-0.2, -0.15) is 0 Å². The number of nitrogens with zero attached hydrogens (tertiary/aromatic N) is 1. The number of halogens is 1. The Morgan fingerprint density at radius 2 is 1.62 bits per heavy atom. The van der Waals surface area contributed by atoms with Crippen molar-refractivity contribution < 1.29 is 14.3 Å². The molecule has 1 saturated heterocycles. The highest BCUT2D eigenvalue weighted by Crippen LogP contribution is 2.35. The van der Waals surface area contributed by atoms with Crippen LogP contribution in [0.5, 0.6) is 5.75 Å². The first-order valence-corrected chi connectivity index (χ1v) is 11.0. The number of piperidine rings is 1. The SMILES string of the molecule is COc1ccc(NC(=O)C2CCC(c3ccccc3)N(C(=O)c3ccc(Cl)cc3)C2)cc1. The number of amides is 2. The third kappa shape index (κ3) is 4.94. The summed E-state index contributed by atoms with van der Waals surface area (Å²) in [5.41, 5.74) is 2.34. The Bertz CT molecular complexity index is 1070. The molecule has 0 radical (unpaired) electrons. The molecule has 1 aliphatic rings. The van der Waals surface area contributed by atoms with Crippen molar-refractivity contribution in [1.29, 1.82) is 0 Å². The molecule has 6 heteroatoms. The third-order valence-corrected chi connectivity index (χ3v) is 6.10. The van der Waals surface area contributed by atoms with Crippen LogP contribution in [0.4, 0.5) is 5.69 Å². The first-order chi connectivity index (χ1) is 15.5. The zero-order valence-corrected chi connectivity index (χ0v) is 18.6. The van der Waals surface area contributed by atoms with Gasteiger partial charge in [-0.15, -0.1) is 0 Å². The van der Waals surface area contributed by atoms with Crippen LogP contribution >= 0.6 is 11.6 Å². The smallest absolute Gasteiger partial charge is 0.254 e. The maximum Gasteiger partial charge on any atom is 0.254 e. The van der Waals surface area contributed by atoms with Gasteiger partial charge in [0.2, 0.25) is 5.91 Å². The van der Waals surface area contributed by atoms with Crippen molar-refractivity contribution >= 4 is 29.1 Å². The van der Waals surface area contributed by atoms with E-state index in [1.54, 1.807) is 43.5 Å². The van der Waals surface area contributed by atoms with Crippen LogP contribution < -0.4 is 10.1 Å². The van der Waals surface area contributed by atoms with E-state index in [9.17, 15) is 9.59 Å². The van der Waals surface area contributed by atoms with Crippen molar-refractivity contribution in [3.05, 3.63) is 95.0 Å². The number of carbonyl (C=O) groups is 2. The maximum atomic E-state index is 13.4. The summed E-state index contributed by atoms with van der Waals surface area (Å²) in [6.07, 6.45) is 1.41. The van der Waals surface area contributed by atoms with Crippen LogP contribution in [-0.2, 0) is 4.79 Å². The number of anilines is 1. The van der Waals surface area contributed by atoms with Crippen molar-refractivity contribution in [1.82, 2.24) is 4.90 Å². The van der Waals surface area contributed by atoms with Gasteiger partial charge in [0.25, 0.3) is 5.91 Å². The summed E-state index contributed by atoms with van der Waals surface area (Å²) in [5, 5.41) is 3.55. The fourth-order valence-corrected chi connectivity index (χ4v) is 4.23. The van der Waals surface area contributed by atoms with Crippen LogP contribution in [0.2, 0.25) is 5.02 Å². The Morgan fingerprint density at radius 3 is 2.28 bits per heavy atom. The van der Waals surface area contributed by atoms with Crippen LogP contribution in [0.25, 0.3) is 0 Å². The second kappa shape index (κ2) is 9.88. The molecule has 0 saturated carbocycles. The normalized spacial score (nSPS) is 18.1. The van der Waals surface area contributed by atoms with Gasteiger partial charge >= 0.3 is 0 Å². The molecule has 4 rings (SSSR count). The third-order valence-electron chi connectivity index (χ3n) is 5.85. The van der Waals surface area contributed by atoms with E-state index in [4.69, 9.17) is 16.3 Å². The summed E-state index contributed by atoms with van der Waals surface area (Å²) in [7, 11) is 1.60. The van der Waals surface area contributed by atoms with Crippen molar-refractivity contribution in [3.63, 3.8) is 0 Å². The van der Waals surface area contributed by atoms with Gasteiger partial charge in [-0.25, -0.2) is 0 Å². The second-order valence-corrected chi connectivity index (χ2v) is 8.32. The molecule has 2 amide bonds. The molecule has 3 aromatic carbocycles. The minimum Gasteiger partial charge on any atom is -0.497 e. The minimum atomic E-state index is -0.298. The number of ether oxygens (including phenoxy) is 1. The standard InChI is InChI=1S/C26H25ClN2O3/c1-32-23-14-12-22(13-15-23)28-25(30)20-9-16-24(18-5-3-2-4-6-18)29(17-20)26(31)19-7-10-21(27)11-8-19/h2-8,10-15,20,24H,9,16-17H2,1H3,(H,28,30). The van der Waals surface area contributed by atoms with Gasteiger partial charge in [-0.05, 0) is 66.9 Å². The monoisotopic (exact) mass is 448 g/mol. The molecule has 2 atom stereocenters. The van der Waals surface area contributed by atoms with E-state index in [1.807, 2.05) is 47.4 Å². The molecular weight excluding hydrogens is 424 g/mol. The summed E-state index contributed by atoms with van der Waals surface area (Å²) >= 11 is 6.00. The number of hydrogen-bond donors (Lipinski definition) is 1. The number of carbonyl (C=O) groups excluding carboxylic acids is 2. The van der Waals surface area contributed by atoms with E-state index in [2.05, 4.69) is 5.32 Å². The van der Waals surface area contributed by atoms with Crippen LogP contribution in [0, 0.1) is 5.92 Å². The second-order valence-electron chi connectivity index (χ2n) is 7.88. The molecule has 5 nitrogen and oxygen atoms in total. The first kappa shape index (κ1) is 21.9. The first-order valence-electron chi connectivity index (χ1n) is 10.6. The Balaban J connectivity index is 1.54. The fraction of sp³-hybridized carbons (Fsp3) is 0.231. The van der Waals surface area contributed by atoms with Gasteiger partial charge in [0, 0.05) is 22.8 Å². The topological polar surface area (TPSA) is 58.6 Å². The Kier molecular flexibility index (Phi) is 6.76. The van der Waals surface area contributed by atoms with Crippen LogP contribution in [0.15, 0.2) is 78.9 Å². The molecule has 0 bridgehead atoms. The minimum absolute atomic E-state index is 0.0792. The van der Waals surface area contributed by atoms with Gasteiger partial charge in [-0.1, -0.05) is 41.9 Å². The number of likely N-dealkylation sites (tertiary alicyclic amines) is 1. The van der Waals surface area contributed by atoms with Crippen molar-refractivity contribution in [3.8, 4) is 5.75 Å². The van der Waals surface area contributed by atoms with Crippen LogP contribution in [-0.4, -0.2) is 30.4 Å². The Morgan fingerprint density at radius 1 is 0.938 bits per heavy atom. The van der Waals surface area contributed by atoms with Crippen LogP contribution in [0.3, 0.4) is 0 Å². The largest absolute Gasteiger partial charge is 0.497 e. The molecule has 1 heterocycles. The fourth-order valence-electron chi connectivity index (χ4n) is 4.11. The average molecular weight is 449 g/mol. The van der Waals surface area contributed by atoms with Crippen molar-refractivity contribution in [2.24, 2.45) is 5.92 Å². The molecular formula is C26H25ClN2O3. The average Bonchev–Trinajstić information content (AvgIpc) is 2.84. The van der Waals surface area contributed by atoms with Crippen LogP contribution in [0.1, 0.15) is 34.8 Å². The van der Waals surface area contributed by atoms with E-state index in [0.717, 1.165) is 11.3 Å². The van der Waals surface area contributed by atoms with E-state index in [-0.39, 0.29) is 23.8 Å². The lowest BCUT2D eigenvalue weighted by Crippen LogP contribution is -2.45. The molecule has 1 N–H and O–H groups in total. The number of hydrogen-bond acceptors (Lipinski definition) is 3. The van der Waals surface area contributed by atoms with Crippen molar-refractivity contribution in [2.45, 2.75) is 18.9 Å². The lowest BCUT2D eigenvalue weighted by Gasteiger charge is -2.39. The Hall–Kier alpha value is -3.31. The lowest BCUT2D eigenvalue weighted by molar-refractivity contribution is -0.121. The zero-order chi connectivity index (χ0) is 22.5. The zero-order valence-electron chi connectivity index (χ0n) is 17.8. The predicted molar refractivity (Wildman–Crippen MR) is 126 cm³/mol.